The lowest BCUT2D eigenvalue weighted by Crippen LogP contribution is -2.04. The fraction of sp³-hybridized carbons (Fsp3) is 0.900. The normalized spacial score (nSPS) is 28.1. The molecule has 0 spiro atoms. The Kier molecular flexibility index (Phi) is 2.07. The van der Waals surface area contributed by atoms with Crippen molar-refractivity contribution in [2.24, 2.45) is 10.6 Å². The Morgan fingerprint density at radius 2 is 2.00 bits per heavy atom. The van der Waals surface area contributed by atoms with Gasteiger partial charge < -0.3 is 4.84 Å². The van der Waals surface area contributed by atoms with E-state index in [9.17, 15) is 0 Å². The van der Waals surface area contributed by atoms with Gasteiger partial charge in [-0.2, -0.15) is 0 Å². The highest BCUT2D eigenvalue weighted by Crippen LogP contribution is 2.42. The molecule has 0 unspecified atom stereocenters. The number of hydrogen-bond acceptors (Lipinski definition) is 2. The van der Waals surface area contributed by atoms with Crippen LogP contribution in [0, 0.1) is 5.41 Å². The van der Waals surface area contributed by atoms with Crippen LogP contribution in [0.4, 0.5) is 0 Å². The summed E-state index contributed by atoms with van der Waals surface area (Å²) in [4.78, 5) is 5.39. The summed E-state index contributed by atoms with van der Waals surface area (Å²) in [6, 6.07) is 0. The highest BCUT2D eigenvalue weighted by molar-refractivity contribution is 5.67. The van der Waals surface area contributed by atoms with Crippen LogP contribution >= 0.6 is 0 Å². The molecular formula is C10H17NO. The first-order valence-corrected chi connectivity index (χ1v) is 4.99. The van der Waals surface area contributed by atoms with E-state index < -0.39 is 0 Å². The smallest absolute Gasteiger partial charge is 0.127 e. The number of hydrogen-bond donors (Lipinski definition) is 0. The van der Waals surface area contributed by atoms with Gasteiger partial charge >= 0.3 is 0 Å². The fourth-order valence-corrected chi connectivity index (χ4v) is 1.56. The summed E-state index contributed by atoms with van der Waals surface area (Å²) in [6.07, 6.45) is 10.0. The predicted octanol–water partition coefficient (Wildman–Crippen LogP) is 2.73. The van der Waals surface area contributed by atoms with Crippen molar-refractivity contribution in [2.45, 2.75) is 51.6 Å². The maximum atomic E-state index is 5.39. The van der Waals surface area contributed by atoms with Crippen LogP contribution in [0.5, 0.6) is 0 Å². The van der Waals surface area contributed by atoms with E-state index in [1.165, 1.54) is 38.5 Å². The highest BCUT2D eigenvalue weighted by Gasteiger charge is 2.35. The van der Waals surface area contributed by atoms with Gasteiger partial charge in [-0.15, -0.1) is 0 Å². The molecule has 0 heterocycles. The molecule has 0 saturated heterocycles. The van der Waals surface area contributed by atoms with Crippen LogP contribution in [0.25, 0.3) is 0 Å². The van der Waals surface area contributed by atoms with Crippen molar-refractivity contribution < 1.29 is 4.84 Å². The van der Waals surface area contributed by atoms with E-state index in [1.54, 1.807) is 0 Å². The molecule has 0 bridgehead atoms. The SMILES string of the molecule is CC1(/C=N/OC2CCCC2)CC1. The van der Waals surface area contributed by atoms with Crippen molar-refractivity contribution in [2.75, 3.05) is 0 Å². The van der Waals surface area contributed by atoms with Crippen LogP contribution in [0.1, 0.15) is 45.4 Å². The third-order valence-corrected chi connectivity index (χ3v) is 2.92. The van der Waals surface area contributed by atoms with Crippen LogP contribution in [-0.2, 0) is 4.84 Å². The molecule has 2 heteroatoms. The molecule has 0 aromatic heterocycles. The van der Waals surface area contributed by atoms with Crippen LogP contribution in [0.2, 0.25) is 0 Å². The zero-order chi connectivity index (χ0) is 8.44. The molecule has 2 saturated carbocycles. The van der Waals surface area contributed by atoms with Gasteiger partial charge in [0.15, 0.2) is 0 Å². The molecule has 0 N–H and O–H groups in total. The Bertz CT molecular complexity index is 178. The van der Waals surface area contributed by atoms with Crippen LogP contribution in [0.15, 0.2) is 5.16 Å². The Morgan fingerprint density at radius 1 is 1.33 bits per heavy atom. The second kappa shape index (κ2) is 3.08. The van der Waals surface area contributed by atoms with Crippen LogP contribution in [-0.4, -0.2) is 12.3 Å². The zero-order valence-electron chi connectivity index (χ0n) is 7.75. The quantitative estimate of drug-likeness (QED) is 0.468. The van der Waals surface area contributed by atoms with Gasteiger partial charge in [0.2, 0.25) is 0 Å². The predicted molar refractivity (Wildman–Crippen MR) is 49.2 cm³/mol. The van der Waals surface area contributed by atoms with Crippen LogP contribution in [0.3, 0.4) is 0 Å². The summed E-state index contributed by atoms with van der Waals surface area (Å²) in [5.41, 5.74) is 0.388. The third kappa shape index (κ3) is 1.99. The Hall–Kier alpha value is -0.530. The molecule has 2 aliphatic rings. The summed E-state index contributed by atoms with van der Waals surface area (Å²) in [5.74, 6) is 0. The van der Waals surface area contributed by atoms with Gasteiger partial charge in [0.1, 0.15) is 6.10 Å². The summed E-state index contributed by atoms with van der Waals surface area (Å²) >= 11 is 0. The van der Waals surface area contributed by atoms with E-state index in [2.05, 4.69) is 12.1 Å². The van der Waals surface area contributed by atoms with Gasteiger partial charge in [-0.3, -0.25) is 0 Å². The monoisotopic (exact) mass is 167 g/mol. The number of oxime groups is 1. The summed E-state index contributed by atoms with van der Waals surface area (Å²) in [7, 11) is 0. The Balaban J connectivity index is 1.70. The average Bonchev–Trinajstić information content (AvgIpc) is 2.61. The molecule has 0 aromatic carbocycles. The lowest BCUT2D eigenvalue weighted by Gasteiger charge is -2.06. The molecular weight excluding hydrogens is 150 g/mol. The first-order chi connectivity index (χ1) is 5.79. The van der Waals surface area contributed by atoms with Crippen molar-refractivity contribution in [3.8, 4) is 0 Å². The van der Waals surface area contributed by atoms with Crippen LogP contribution < -0.4 is 0 Å². The van der Waals surface area contributed by atoms with Crippen molar-refractivity contribution in [3.05, 3.63) is 0 Å². The minimum atomic E-state index is 0.388. The molecule has 2 rings (SSSR count). The lowest BCUT2D eigenvalue weighted by atomic mass is 10.2. The van der Waals surface area contributed by atoms with Crippen molar-refractivity contribution >= 4 is 6.21 Å². The van der Waals surface area contributed by atoms with Gasteiger partial charge in [-0.25, -0.2) is 0 Å². The van der Waals surface area contributed by atoms with E-state index in [1.807, 2.05) is 6.21 Å². The van der Waals surface area contributed by atoms with Crippen molar-refractivity contribution in [3.63, 3.8) is 0 Å². The Morgan fingerprint density at radius 3 is 2.58 bits per heavy atom. The summed E-state index contributed by atoms with van der Waals surface area (Å²) in [6.45, 7) is 2.23. The van der Waals surface area contributed by atoms with Gasteiger partial charge in [0.05, 0.1) is 0 Å². The maximum Gasteiger partial charge on any atom is 0.127 e. The molecule has 68 valence electrons. The lowest BCUT2D eigenvalue weighted by molar-refractivity contribution is 0.0645. The standard InChI is InChI=1S/C10H17NO/c1-10(6-7-10)8-11-12-9-4-2-3-5-9/h8-9H,2-7H2,1H3/b11-8+. The molecule has 2 fully saturated rings. The minimum Gasteiger partial charge on any atom is -0.393 e. The largest absolute Gasteiger partial charge is 0.393 e. The van der Waals surface area contributed by atoms with E-state index in [0.717, 1.165) is 0 Å². The summed E-state index contributed by atoms with van der Waals surface area (Å²) in [5, 5.41) is 4.06. The second-order valence-electron chi connectivity index (χ2n) is 4.40. The zero-order valence-corrected chi connectivity index (χ0v) is 7.75. The molecule has 2 nitrogen and oxygen atoms in total. The van der Waals surface area contributed by atoms with E-state index >= 15 is 0 Å². The first kappa shape index (κ1) is 8.09. The Labute approximate surface area is 74.0 Å². The topological polar surface area (TPSA) is 21.6 Å². The molecule has 0 amide bonds. The molecule has 0 atom stereocenters. The highest BCUT2D eigenvalue weighted by atomic mass is 16.6. The van der Waals surface area contributed by atoms with Gasteiger partial charge in [-0.05, 0) is 38.5 Å². The van der Waals surface area contributed by atoms with Crippen molar-refractivity contribution in [1.29, 1.82) is 0 Å². The maximum absolute atomic E-state index is 5.39. The van der Waals surface area contributed by atoms with Crippen molar-refractivity contribution in [1.82, 2.24) is 0 Å². The molecule has 0 aromatic rings. The molecule has 0 aliphatic heterocycles. The number of nitrogens with zero attached hydrogens (tertiary/aromatic N) is 1. The van der Waals surface area contributed by atoms with E-state index in [0.29, 0.717) is 11.5 Å². The van der Waals surface area contributed by atoms with Gasteiger partial charge in [-0.1, -0.05) is 12.1 Å². The average molecular weight is 167 g/mol. The fourth-order valence-electron chi connectivity index (χ4n) is 1.56. The first-order valence-electron chi connectivity index (χ1n) is 4.99. The molecule has 2 aliphatic carbocycles. The summed E-state index contributed by atoms with van der Waals surface area (Å²) < 4.78 is 0. The third-order valence-electron chi connectivity index (χ3n) is 2.92. The number of rotatable bonds is 3. The molecule has 12 heavy (non-hydrogen) atoms. The van der Waals surface area contributed by atoms with E-state index in [-0.39, 0.29) is 0 Å². The second-order valence-corrected chi connectivity index (χ2v) is 4.40. The van der Waals surface area contributed by atoms with E-state index in [4.69, 9.17) is 4.84 Å². The van der Waals surface area contributed by atoms with Gasteiger partial charge in [0, 0.05) is 11.6 Å². The molecule has 0 radical (unpaired) electrons. The minimum absolute atomic E-state index is 0.388. The van der Waals surface area contributed by atoms with Gasteiger partial charge in [0.25, 0.3) is 0 Å².